The topological polar surface area (TPSA) is 244 Å². The van der Waals surface area contributed by atoms with E-state index in [0.29, 0.717) is 11.4 Å². The summed E-state index contributed by atoms with van der Waals surface area (Å²) in [5, 5.41) is 16.5. The van der Waals surface area contributed by atoms with Gasteiger partial charge in [-0.15, -0.1) is 0 Å². The van der Waals surface area contributed by atoms with E-state index in [1.54, 1.807) is 48.5 Å². The number of allylic oxidation sites excluding steroid dienone is 12. The summed E-state index contributed by atoms with van der Waals surface area (Å²) in [5.74, 6) is -1.12. The first-order valence-electron chi connectivity index (χ1n) is 13.9. The van der Waals surface area contributed by atoms with Gasteiger partial charge < -0.3 is 20.0 Å². The minimum absolute atomic E-state index is 0. The quantitative estimate of drug-likeness (QED) is 0.0848. The Morgan fingerprint density at radius 2 is 0.820 bits per heavy atom. The van der Waals surface area contributed by atoms with Crippen LogP contribution in [0.15, 0.2) is 141 Å². The molecule has 6 rings (SSSR count). The number of nitrogens with one attached hydrogen (secondary N) is 6. The Bertz CT molecular complexity index is 2170. The van der Waals surface area contributed by atoms with Crippen molar-refractivity contribution in [2.24, 2.45) is 0 Å². The van der Waals surface area contributed by atoms with Gasteiger partial charge in [-0.1, -0.05) is 36.4 Å². The molecule has 4 aliphatic rings. The average Bonchev–Trinajstić information content (AvgIpc) is 3.03. The number of anilines is 2. The number of hydrogen-bond acceptors (Lipinski definition) is 14. The number of carbonyl (C=O) groups is 2. The number of hydrazine groups is 2. The van der Waals surface area contributed by atoms with Crippen LogP contribution >= 0.6 is 0 Å². The number of carbonyl (C=O) groups excluding carboxylic acids is 2. The fraction of sp³-hybridized carbons (Fsp3) is 0. The summed E-state index contributed by atoms with van der Waals surface area (Å²) in [6, 6.07) is 14.1. The van der Waals surface area contributed by atoms with Gasteiger partial charge in [-0.25, -0.2) is 16.8 Å². The molecule has 0 saturated heterocycles. The molecule has 0 saturated carbocycles. The zero-order chi connectivity index (χ0) is 34.4. The van der Waals surface area contributed by atoms with E-state index in [1.165, 1.54) is 24.3 Å². The third-order valence-corrected chi connectivity index (χ3v) is 9.30. The standard InChI is InChI=1S/C32H24N6O8S2.2Na/c33-23-11-9-21-27(47(41,42)43)15-13-25(39)29(21)31(23)37-35-19-5-1-17(2-6-19)18-3-7-20(8-4-18)36-38-32-24(34)12-10-22-28(48(44,45)46)16-14-26(40)30(22)32;;/h1-16,33-38H,(H,41,42,43)(H,44,45,46);;/q;2*+1/p-2. The van der Waals surface area contributed by atoms with E-state index in [1.807, 2.05) is 0 Å². The smallest absolute Gasteiger partial charge is 0.744 e. The molecule has 0 spiro atoms. The van der Waals surface area contributed by atoms with Crippen LogP contribution in [-0.4, -0.2) is 48.9 Å². The van der Waals surface area contributed by atoms with Crippen LogP contribution in [-0.2, 0) is 29.8 Å². The van der Waals surface area contributed by atoms with E-state index >= 15 is 0 Å². The molecule has 50 heavy (non-hydrogen) atoms. The van der Waals surface area contributed by atoms with Crippen molar-refractivity contribution in [1.29, 1.82) is 10.8 Å². The van der Waals surface area contributed by atoms with Crippen molar-refractivity contribution < 1.29 is 94.6 Å². The summed E-state index contributed by atoms with van der Waals surface area (Å²) >= 11 is 0. The van der Waals surface area contributed by atoms with E-state index in [0.717, 1.165) is 35.4 Å². The third-order valence-electron chi connectivity index (χ3n) is 7.51. The molecular weight excluding hydrogens is 707 g/mol. The molecule has 4 aliphatic carbocycles. The molecule has 0 radical (unpaired) electrons. The molecule has 6 N–H and O–H groups in total. The predicted octanol–water partition coefficient (Wildman–Crippen LogP) is -3.24. The average molecular weight is 729 g/mol. The second-order valence-electron chi connectivity index (χ2n) is 10.5. The molecule has 0 unspecified atom stereocenters. The monoisotopic (exact) mass is 728 g/mol. The second kappa shape index (κ2) is 15.1. The summed E-state index contributed by atoms with van der Waals surface area (Å²) in [7, 11) is -9.73. The van der Waals surface area contributed by atoms with Crippen molar-refractivity contribution >= 4 is 54.6 Å². The molecule has 0 atom stereocenters. The van der Waals surface area contributed by atoms with Gasteiger partial charge in [-0.2, -0.15) is 0 Å². The molecule has 2 aromatic carbocycles. The Morgan fingerprint density at radius 3 is 1.14 bits per heavy atom. The Balaban J connectivity index is 0.00000281. The van der Waals surface area contributed by atoms with Crippen LogP contribution < -0.4 is 80.8 Å². The Labute approximate surface area is 330 Å². The van der Waals surface area contributed by atoms with Gasteiger partial charge in [0.25, 0.3) is 0 Å². The minimum atomic E-state index is -4.86. The molecule has 0 amide bonds. The first kappa shape index (κ1) is 38.9. The Hall–Kier alpha value is -3.94. The summed E-state index contributed by atoms with van der Waals surface area (Å²) in [6.07, 6.45) is 8.92. The van der Waals surface area contributed by atoms with Crippen LogP contribution in [0.25, 0.3) is 11.1 Å². The largest absolute Gasteiger partial charge is 1.00 e. The third kappa shape index (κ3) is 7.84. The molecule has 0 heterocycles. The van der Waals surface area contributed by atoms with Gasteiger partial charge in [0.1, 0.15) is 20.2 Å². The molecule has 14 nitrogen and oxygen atoms in total. The molecule has 0 fully saturated rings. The van der Waals surface area contributed by atoms with Gasteiger partial charge in [0, 0.05) is 11.1 Å². The first-order chi connectivity index (χ1) is 22.7. The molecule has 0 bridgehead atoms. The van der Waals surface area contributed by atoms with E-state index in [2.05, 4.69) is 21.7 Å². The number of rotatable bonds is 9. The maximum absolute atomic E-state index is 12.6. The van der Waals surface area contributed by atoms with Crippen molar-refractivity contribution in [3.8, 4) is 11.1 Å². The zero-order valence-corrected chi connectivity index (χ0v) is 32.0. The van der Waals surface area contributed by atoms with Crippen molar-refractivity contribution in [2.75, 3.05) is 10.9 Å². The molecule has 2 aromatic rings. The van der Waals surface area contributed by atoms with Gasteiger partial charge in [-0.05, 0) is 71.8 Å². The van der Waals surface area contributed by atoms with Crippen LogP contribution in [0.4, 0.5) is 11.4 Å². The van der Waals surface area contributed by atoms with E-state index in [9.17, 15) is 35.5 Å². The molecule has 242 valence electrons. The normalized spacial score (nSPS) is 16.9. The number of fused-ring (bicyclic) bond motifs is 2. The maximum Gasteiger partial charge on any atom is 1.00 e. The minimum Gasteiger partial charge on any atom is -0.744 e. The van der Waals surface area contributed by atoms with Crippen molar-refractivity contribution in [3.63, 3.8) is 0 Å². The van der Waals surface area contributed by atoms with Crippen LogP contribution in [0.3, 0.4) is 0 Å². The molecule has 18 heteroatoms. The second-order valence-corrected chi connectivity index (χ2v) is 13.2. The van der Waals surface area contributed by atoms with Crippen LogP contribution in [0.5, 0.6) is 0 Å². The van der Waals surface area contributed by atoms with Gasteiger partial charge in [0.2, 0.25) is 0 Å². The molecule has 0 aliphatic heterocycles. The van der Waals surface area contributed by atoms with Crippen LogP contribution in [0.1, 0.15) is 0 Å². The van der Waals surface area contributed by atoms with Gasteiger partial charge in [0.05, 0.1) is 55.1 Å². The number of hydrogen-bond donors (Lipinski definition) is 6. The summed E-state index contributed by atoms with van der Waals surface area (Å²) < 4.78 is 70.2. The van der Waals surface area contributed by atoms with Gasteiger partial charge in [0.15, 0.2) is 11.6 Å². The summed E-state index contributed by atoms with van der Waals surface area (Å²) in [5.41, 5.74) is 13.5. The fourth-order valence-electron chi connectivity index (χ4n) is 5.23. The SMILES string of the molecule is N=C1C=CC2=C(S(=O)(=O)[O-])C=CC(=O)C2=C1NNc1ccc(-c2ccc(NNC3=C4C(=O)C=CC(S(=O)(=O)[O-])=C4C=CC3=N)cc2)cc1.[Na+].[Na+]. The summed E-state index contributed by atoms with van der Waals surface area (Å²) in [6.45, 7) is 0. The van der Waals surface area contributed by atoms with Crippen molar-refractivity contribution in [2.45, 2.75) is 0 Å². The van der Waals surface area contributed by atoms with Gasteiger partial charge in [-0.3, -0.25) is 31.3 Å². The Kier molecular flexibility index (Phi) is 11.8. The predicted molar refractivity (Wildman–Crippen MR) is 175 cm³/mol. The maximum atomic E-state index is 12.6. The van der Waals surface area contributed by atoms with Crippen molar-refractivity contribution in [1.82, 2.24) is 10.9 Å². The number of benzene rings is 2. The Morgan fingerprint density at radius 1 is 0.480 bits per heavy atom. The zero-order valence-electron chi connectivity index (χ0n) is 26.3. The van der Waals surface area contributed by atoms with Gasteiger partial charge >= 0.3 is 59.1 Å². The number of ketones is 2. The van der Waals surface area contributed by atoms with Crippen LogP contribution in [0, 0.1) is 10.8 Å². The first-order valence-corrected chi connectivity index (χ1v) is 16.7. The fourth-order valence-corrected chi connectivity index (χ4v) is 6.58. The van der Waals surface area contributed by atoms with E-state index in [4.69, 9.17) is 10.8 Å². The summed E-state index contributed by atoms with van der Waals surface area (Å²) in [4.78, 5) is 24.1. The molecule has 0 aromatic heterocycles. The van der Waals surface area contributed by atoms with Crippen molar-refractivity contribution in [3.05, 3.63) is 141 Å². The molecular formula is C32H22N6Na2O8S2. The van der Waals surface area contributed by atoms with E-state index in [-0.39, 0.29) is 104 Å². The van der Waals surface area contributed by atoms with E-state index < -0.39 is 41.6 Å². The van der Waals surface area contributed by atoms with Crippen LogP contribution in [0.2, 0.25) is 0 Å².